The molecule has 0 bridgehead atoms. The van der Waals surface area contributed by atoms with E-state index in [0.29, 0.717) is 0 Å². The van der Waals surface area contributed by atoms with Crippen LogP contribution in [-0.2, 0) is 0 Å². The number of hydrogen-bond donors (Lipinski definition) is 1. The van der Waals surface area contributed by atoms with E-state index >= 15 is 0 Å². The van der Waals surface area contributed by atoms with Crippen LogP contribution in [0.25, 0.3) is 0 Å². The van der Waals surface area contributed by atoms with Gasteiger partial charge in [0.1, 0.15) is 0 Å². The Morgan fingerprint density at radius 2 is 2.00 bits per heavy atom. The topological polar surface area (TPSA) is 12.0 Å². The molecule has 0 heterocycles. The van der Waals surface area contributed by atoms with Crippen molar-refractivity contribution in [2.45, 2.75) is 77.8 Å². The number of hydrogen-bond acceptors (Lipinski definition) is 1. The van der Waals surface area contributed by atoms with Gasteiger partial charge in [-0.15, -0.1) is 0 Å². The average Bonchev–Trinajstić information content (AvgIpc) is 2.18. The summed E-state index contributed by atoms with van der Waals surface area (Å²) >= 11 is 0. The Morgan fingerprint density at radius 1 is 1.29 bits per heavy atom. The van der Waals surface area contributed by atoms with Gasteiger partial charge in [-0.25, -0.2) is 0 Å². The van der Waals surface area contributed by atoms with Crippen molar-refractivity contribution in [2.24, 2.45) is 5.92 Å². The molecule has 0 aromatic heterocycles. The highest BCUT2D eigenvalue weighted by molar-refractivity contribution is 4.80. The SMILES string of the molecule is CCCCC(C)NC1CCCCC1C. The van der Waals surface area contributed by atoms with Gasteiger partial charge in [0.05, 0.1) is 0 Å². The maximum Gasteiger partial charge on any atom is 0.00951 e. The molecule has 0 saturated heterocycles. The second-order valence-electron chi connectivity index (χ2n) is 5.08. The molecule has 0 spiro atoms. The Labute approximate surface area is 89.7 Å². The van der Waals surface area contributed by atoms with E-state index < -0.39 is 0 Å². The van der Waals surface area contributed by atoms with Crippen LogP contribution in [0.4, 0.5) is 0 Å². The van der Waals surface area contributed by atoms with Crippen LogP contribution in [-0.4, -0.2) is 12.1 Å². The molecule has 0 amide bonds. The van der Waals surface area contributed by atoms with Gasteiger partial charge in [-0.05, 0) is 32.1 Å². The van der Waals surface area contributed by atoms with Crippen molar-refractivity contribution >= 4 is 0 Å². The van der Waals surface area contributed by atoms with Crippen molar-refractivity contribution in [3.05, 3.63) is 0 Å². The molecular weight excluding hydrogens is 170 g/mol. The van der Waals surface area contributed by atoms with Gasteiger partial charge in [0.25, 0.3) is 0 Å². The molecule has 0 aromatic rings. The van der Waals surface area contributed by atoms with E-state index in [4.69, 9.17) is 0 Å². The van der Waals surface area contributed by atoms with Crippen LogP contribution in [0.3, 0.4) is 0 Å². The maximum absolute atomic E-state index is 3.80. The third-order valence-corrected chi connectivity index (χ3v) is 3.60. The second kappa shape index (κ2) is 6.44. The van der Waals surface area contributed by atoms with E-state index in [-0.39, 0.29) is 0 Å². The van der Waals surface area contributed by atoms with E-state index in [1.54, 1.807) is 0 Å². The average molecular weight is 197 g/mol. The summed E-state index contributed by atoms with van der Waals surface area (Å²) in [7, 11) is 0. The molecule has 14 heavy (non-hydrogen) atoms. The van der Waals surface area contributed by atoms with Crippen molar-refractivity contribution in [1.82, 2.24) is 5.32 Å². The fourth-order valence-corrected chi connectivity index (χ4v) is 2.52. The quantitative estimate of drug-likeness (QED) is 0.708. The first-order valence-corrected chi connectivity index (χ1v) is 6.50. The van der Waals surface area contributed by atoms with Gasteiger partial charge in [-0.2, -0.15) is 0 Å². The first kappa shape index (κ1) is 12.0. The molecule has 1 saturated carbocycles. The van der Waals surface area contributed by atoms with Crippen LogP contribution >= 0.6 is 0 Å². The van der Waals surface area contributed by atoms with Crippen molar-refractivity contribution in [3.8, 4) is 0 Å². The molecule has 3 atom stereocenters. The summed E-state index contributed by atoms with van der Waals surface area (Å²) in [6, 6.07) is 1.52. The molecule has 1 aliphatic carbocycles. The van der Waals surface area contributed by atoms with Gasteiger partial charge in [-0.3, -0.25) is 0 Å². The highest BCUT2D eigenvalue weighted by atomic mass is 14.9. The summed E-state index contributed by atoms with van der Waals surface area (Å²) in [5, 5.41) is 3.80. The molecule has 0 aromatic carbocycles. The minimum atomic E-state index is 0.723. The summed E-state index contributed by atoms with van der Waals surface area (Å²) in [4.78, 5) is 0. The van der Waals surface area contributed by atoms with E-state index in [2.05, 4.69) is 26.1 Å². The number of nitrogens with one attached hydrogen (secondary N) is 1. The van der Waals surface area contributed by atoms with Gasteiger partial charge in [0.15, 0.2) is 0 Å². The predicted molar refractivity (Wildman–Crippen MR) is 63.5 cm³/mol. The van der Waals surface area contributed by atoms with Gasteiger partial charge >= 0.3 is 0 Å². The second-order valence-corrected chi connectivity index (χ2v) is 5.08. The molecule has 1 fully saturated rings. The van der Waals surface area contributed by atoms with Gasteiger partial charge in [-0.1, -0.05) is 39.5 Å². The third-order valence-electron chi connectivity index (χ3n) is 3.60. The smallest absolute Gasteiger partial charge is 0.00951 e. The molecule has 0 radical (unpaired) electrons. The molecule has 1 N–H and O–H groups in total. The summed E-state index contributed by atoms with van der Waals surface area (Å²) < 4.78 is 0. The van der Waals surface area contributed by atoms with Gasteiger partial charge in [0, 0.05) is 12.1 Å². The lowest BCUT2D eigenvalue weighted by Crippen LogP contribution is -2.42. The van der Waals surface area contributed by atoms with Crippen LogP contribution in [0.1, 0.15) is 65.7 Å². The van der Waals surface area contributed by atoms with Crippen molar-refractivity contribution in [1.29, 1.82) is 0 Å². The Hall–Kier alpha value is -0.0400. The normalized spacial score (nSPS) is 30.2. The molecular formula is C13H27N. The van der Waals surface area contributed by atoms with Crippen molar-refractivity contribution in [3.63, 3.8) is 0 Å². The third kappa shape index (κ3) is 4.00. The highest BCUT2D eigenvalue weighted by Gasteiger charge is 2.21. The zero-order valence-electron chi connectivity index (χ0n) is 10.2. The van der Waals surface area contributed by atoms with Crippen LogP contribution in [0, 0.1) is 5.92 Å². The zero-order valence-corrected chi connectivity index (χ0v) is 10.2. The van der Waals surface area contributed by atoms with Crippen LogP contribution in [0.2, 0.25) is 0 Å². The summed E-state index contributed by atoms with van der Waals surface area (Å²) in [5.41, 5.74) is 0. The minimum absolute atomic E-state index is 0.723. The van der Waals surface area contributed by atoms with Gasteiger partial charge in [0.2, 0.25) is 0 Å². The van der Waals surface area contributed by atoms with Crippen molar-refractivity contribution in [2.75, 3.05) is 0 Å². The Morgan fingerprint density at radius 3 is 2.64 bits per heavy atom. The Bertz CT molecular complexity index is 144. The van der Waals surface area contributed by atoms with Gasteiger partial charge < -0.3 is 5.32 Å². The molecule has 1 nitrogen and oxygen atoms in total. The maximum atomic E-state index is 3.80. The van der Waals surface area contributed by atoms with E-state index in [9.17, 15) is 0 Å². The number of unbranched alkanes of at least 4 members (excludes halogenated alkanes) is 1. The summed E-state index contributed by atoms with van der Waals surface area (Å²) in [6.45, 7) is 7.02. The zero-order chi connectivity index (χ0) is 10.4. The number of rotatable bonds is 5. The lowest BCUT2D eigenvalue weighted by molar-refractivity contribution is 0.257. The Kier molecular flexibility index (Phi) is 5.54. The highest BCUT2D eigenvalue weighted by Crippen LogP contribution is 2.24. The minimum Gasteiger partial charge on any atom is -0.311 e. The monoisotopic (exact) mass is 197 g/mol. The molecule has 0 aliphatic heterocycles. The molecule has 1 heteroatoms. The van der Waals surface area contributed by atoms with E-state index in [1.165, 1.54) is 44.9 Å². The molecule has 1 aliphatic rings. The molecule has 84 valence electrons. The van der Waals surface area contributed by atoms with Crippen LogP contribution < -0.4 is 5.32 Å². The first-order chi connectivity index (χ1) is 6.74. The predicted octanol–water partition coefficient (Wildman–Crippen LogP) is 3.73. The largest absolute Gasteiger partial charge is 0.311 e. The Balaban J connectivity index is 2.20. The van der Waals surface area contributed by atoms with Crippen molar-refractivity contribution < 1.29 is 0 Å². The molecule has 3 unspecified atom stereocenters. The first-order valence-electron chi connectivity index (χ1n) is 6.50. The fraction of sp³-hybridized carbons (Fsp3) is 1.00. The summed E-state index contributed by atoms with van der Waals surface area (Å²) in [5.74, 6) is 0.896. The van der Waals surface area contributed by atoms with Crippen LogP contribution in [0.5, 0.6) is 0 Å². The molecule has 1 rings (SSSR count). The van der Waals surface area contributed by atoms with E-state index in [0.717, 1.165) is 18.0 Å². The standard InChI is InChI=1S/C13H27N/c1-4-5-9-12(3)14-13-10-7-6-8-11(13)2/h11-14H,4-10H2,1-3H3. The van der Waals surface area contributed by atoms with Crippen LogP contribution in [0.15, 0.2) is 0 Å². The van der Waals surface area contributed by atoms with E-state index in [1.807, 2.05) is 0 Å². The summed E-state index contributed by atoms with van der Waals surface area (Å²) in [6.07, 6.45) is 9.75. The lowest BCUT2D eigenvalue weighted by Gasteiger charge is -2.32. The lowest BCUT2D eigenvalue weighted by atomic mass is 9.85. The fourth-order valence-electron chi connectivity index (χ4n) is 2.52.